The van der Waals surface area contributed by atoms with Gasteiger partial charge in [-0.15, -0.1) is 0 Å². The Morgan fingerprint density at radius 3 is 1.57 bits per heavy atom. The van der Waals surface area contributed by atoms with E-state index in [4.69, 9.17) is 4.74 Å². The Labute approximate surface area is 145 Å². The lowest BCUT2D eigenvalue weighted by Crippen LogP contribution is -2.45. The summed E-state index contributed by atoms with van der Waals surface area (Å²) >= 11 is 0. The van der Waals surface area contributed by atoms with E-state index in [1.54, 1.807) is 0 Å². The van der Waals surface area contributed by atoms with Crippen LogP contribution in [0.2, 0.25) is 0 Å². The summed E-state index contributed by atoms with van der Waals surface area (Å²) in [6.45, 7) is 4.23. The van der Waals surface area contributed by atoms with Crippen molar-refractivity contribution in [3.8, 4) is 0 Å². The summed E-state index contributed by atoms with van der Waals surface area (Å²) in [6.07, 6.45) is 16.3. The van der Waals surface area contributed by atoms with Crippen molar-refractivity contribution in [2.45, 2.75) is 104 Å². The molecule has 3 heteroatoms. The van der Waals surface area contributed by atoms with Crippen molar-refractivity contribution in [3.05, 3.63) is 0 Å². The summed E-state index contributed by atoms with van der Waals surface area (Å²) < 4.78 is 6.10. The van der Waals surface area contributed by atoms with E-state index in [0.717, 1.165) is 12.8 Å². The summed E-state index contributed by atoms with van der Waals surface area (Å²) in [5, 5.41) is 0. The quantitative estimate of drug-likeness (QED) is 0.167. The van der Waals surface area contributed by atoms with Gasteiger partial charge in [0.05, 0.1) is 21.1 Å². The second kappa shape index (κ2) is 13.8. The van der Waals surface area contributed by atoms with Gasteiger partial charge in [0.1, 0.15) is 0 Å². The smallest absolute Gasteiger partial charge is 0.310 e. The normalized spacial score (nSPS) is 13.1. The predicted octanol–water partition coefficient (Wildman–Crippen LogP) is 5.67. The van der Waals surface area contributed by atoms with Crippen LogP contribution in [0.4, 0.5) is 0 Å². The fourth-order valence-electron chi connectivity index (χ4n) is 2.52. The third-order valence-corrected chi connectivity index (χ3v) is 4.63. The summed E-state index contributed by atoms with van der Waals surface area (Å²) in [6, 6.07) is 0. The molecule has 0 aromatic rings. The Morgan fingerprint density at radius 2 is 1.17 bits per heavy atom. The molecule has 0 bridgehead atoms. The van der Waals surface area contributed by atoms with E-state index in [-0.39, 0.29) is 12.2 Å². The number of nitrogens with zero attached hydrogens (tertiary/aromatic N) is 1. The van der Waals surface area contributed by atoms with Crippen LogP contribution in [0.5, 0.6) is 0 Å². The lowest BCUT2D eigenvalue weighted by molar-refractivity contribution is -0.914. The first-order chi connectivity index (χ1) is 10.9. The van der Waals surface area contributed by atoms with Crippen molar-refractivity contribution in [1.82, 2.24) is 0 Å². The fraction of sp³-hybridized carbons (Fsp3) is 0.950. The minimum atomic E-state index is -0.0696. The van der Waals surface area contributed by atoms with Crippen LogP contribution in [-0.2, 0) is 9.53 Å². The van der Waals surface area contributed by atoms with E-state index in [2.05, 4.69) is 6.92 Å². The highest BCUT2D eigenvalue weighted by molar-refractivity contribution is 5.69. The van der Waals surface area contributed by atoms with E-state index < -0.39 is 0 Å². The number of quaternary nitrogens is 1. The highest BCUT2D eigenvalue weighted by Gasteiger charge is 2.21. The zero-order chi connectivity index (χ0) is 17.6. The third-order valence-electron chi connectivity index (χ3n) is 4.63. The van der Waals surface area contributed by atoms with Crippen molar-refractivity contribution in [2.75, 3.05) is 21.1 Å². The van der Waals surface area contributed by atoms with Crippen LogP contribution in [0.25, 0.3) is 0 Å². The number of esters is 1. The van der Waals surface area contributed by atoms with Crippen molar-refractivity contribution < 1.29 is 14.0 Å². The van der Waals surface area contributed by atoms with Crippen LogP contribution in [-0.4, -0.2) is 37.8 Å². The maximum Gasteiger partial charge on any atom is 0.310 e. The van der Waals surface area contributed by atoms with Crippen molar-refractivity contribution >= 4 is 5.97 Å². The van der Waals surface area contributed by atoms with Crippen molar-refractivity contribution in [3.63, 3.8) is 0 Å². The van der Waals surface area contributed by atoms with Gasteiger partial charge in [0, 0.05) is 13.3 Å². The Balaban J connectivity index is 3.31. The van der Waals surface area contributed by atoms with Crippen LogP contribution < -0.4 is 0 Å². The molecular formula is C20H42NO2+. The molecule has 0 N–H and O–H groups in total. The van der Waals surface area contributed by atoms with Gasteiger partial charge in [0.2, 0.25) is 6.23 Å². The molecule has 0 fully saturated rings. The van der Waals surface area contributed by atoms with E-state index in [0.29, 0.717) is 10.9 Å². The lowest BCUT2D eigenvalue weighted by Gasteiger charge is -2.30. The maximum absolute atomic E-state index is 11.8. The van der Waals surface area contributed by atoms with E-state index in [1.807, 2.05) is 28.1 Å². The van der Waals surface area contributed by atoms with Gasteiger partial charge in [-0.2, -0.15) is 0 Å². The second-order valence-electron chi connectivity index (χ2n) is 7.84. The zero-order valence-corrected chi connectivity index (χ0v) is 16.5. The van der Waals surface area contributed by atoms with Gasteiger partial charge in [0.25, 0.3) is 0 Å². The molecule has 0 aliphatic heterocycles. The zero-order valence-electron chi connectivity index (χ0n) is 16.5. The summed E-state index contributed by atoms with van der Waals surface area (Å²) in [5.41, 5.74) is 0. The highest BCUT2D eigenvalue weighted by Crippen LogP contribution is 2.13. The van der Waals surface area contributed by atoms with Crippen molar-refractivity contribution in [1.29, 1.82) is 0 Å². The standard InChI is InChI=1S/C20H42NO2/c1-6-7-8-9-10-11-12-13-14-15-16-17-18-20(22)23-19(2)21(3,4)5/h19H,6-18H2,1-5H3/q+1. The molecule has 0 aromatic carbocycles. The van der Waals surface area contributed by atoms with Gasteiger partial charge in [-0.1, -0.05) is 77.6 Å². The Kier molecular flexibility index (Phi) is 13.5. The minimum absolute atomic E-state index is 0.0439. The van der Waals surface area contributed by atoms with Crippen LogP contribution in [0, 0.1) is 0 Å². The molecule has 0 radical (unpaired) electrons. The van der Waals surface area contributed by atoms with Gasteiger partial charge < -0.3 is 4.74 Å². The Hall–Kier alpha value is -0.570. The van der Waals surface area contributed by atoms with Crippen LogP contribution in [0.15, 0.2) is 0 Å². The molecule has 0 saturated carbocycles. The Bertz CT molecular complexity index is 284. The lowest BCUT2D eigenvalue weighted by atomic mass is 10.0. The number of rotatable bonds is 15. The third kappa shape index (κ3) is 14.7. The van der Waals surface area contributed by atoms with Crippen LogP contribution >= 0.6 is 0 Å². The average Bonchev–Trinajstić information content (AvgIpc) is 2.47. The highest BCUT2D eigenvalue weighted by atomic mass is 16.6. The number of carbonyl (C=O) groups is 1. The molecule has 0 amide bonds. The molecule has 0 spiro atoms. The molecule has 0 aliphatic carbocycles. The predicted molar refractivity (Wildman–Crippen MR) is 99.3 cm³/mol. The van der Waals surface area contributed by atoms with E-state index in [9.17, 15) is 4.79 Å². The molecule has 0 saturated heterocycles. The van der Waals surface area contributed by atoms with E-state index >= 15 is 0 Å². The van der Waals surface area contributed by atoms with Gasteiger partial charge in [-0.3, -0.25) is 9.28 Å². The first kappa shape index (κ1) is 22.4. The first-order valence-electron chi connectivity index (χ1n) is 9.88. The topological polar surface area (TPSA) is 26.3 Å². The fourth-order valence-corrected chi connectivity index (χ4v) is 2.52. The molecule has 0 aromatic heterocycles. The first-order valence-corrected chi connectivity index (χ1v) is 9.88. The number of ether oxygens (including phenoxy) is 1. The number of hydrogen-bond donors (Lipinski definition) is 0. The summed E-state index contributed by atoms with van der Waals surface area (Å²) in [4.78, 5) is 11.8. The van der Waals surface area contributed by atoms with Gasteiger partial charge >= 0.3 is 5.97 Å². The molecule has 3 nitrogen and oxygen atoms in total. The molecule has 138 valence electrons. The largest absolute Gasteiger partial charge is 0.413 e. The summed E-state index contributed by atoms with van der Waals surface area (Å²) in [7, 11) is 6.13. The molecule has 23 heavy (non-hydrogen) atoms. The second-order valence-corrected chi connectivity index (χ2v) is 7.84. The molecule has 1 atom stereocenters. The SMILES string of the molecule is CCCCCCCCCCCCCCC(=O)OC(C)[N+](C)(C)C. The number of unbranched alkanes of at least 4 members (excludes halogenated alkanes) is 11. The monoisotopic (exact) mass is 328 g/mol. The number of carbonyl (C=O) groups excluding carboxylic acids is 1. The maximum atomic E-state index is 11.8. The molecule has 0 heterocycles. The van der Waals surface area contributed by atoms with Crippen LogP contribution in [0.1, 0.15) is 97.3 Å². The van der Waals surface area contributed by atoms with E-state index in [1.165, 1.54) is 64.2 Å². The molecular weight excluding hydrogens is 286 g/mol. The van der Waals surface area contributed by atoms with Gasteiger partial charge in [0.15, 0.2) is 0 Å². The average molecular weight is 329 g/mol. The minimum Gasteiger partial charge on any atom is -0.413 e. The Morgan fingerprint density at radius 1 is 0.783 bits per heavy atom. The van der Waals surface area contributed by atoms with Gasteiger partial charge in [-0.05, 0) is 6.42 Å². The molecule has 0 aliphatic rings. The van der Waals surface area contributed by atoms with Crippen molar-refractivity contribution in [2.24, 2.45) is 0 Å². The molecule has 1 unspecified atom stereocenters. The van der Waals surface area contributed by atoms with Gasteiger partial charge in [-0.25, -0.2) is 0 Å². The number of hydrogen-bond acceptors (Lipinski definition) is 2. The summed E-state index contributed by atoms with van der Waals surface area (Å²) in [5.74, 6) is -0.0439. The van der Waals surface area contributed by atoms with Crippen LogP contribution in [0.3, 0.4) is 0 Å². The molecule has 0 rings (SSSR count).